The lowest BCUT2D eigenvalue weighted by molar-refractivity contribution is -0.121. The molecule has 1 fully saturated rings. The zero-order valence-corrected chi connectivity index (χ0v) is 10.5. The summed E-state index contributed by atoms with van der Waals surface area (Å²) in [6.07, 6.45) is 3.74. The van der Waals surface area contributed by atoms with Crippen LogP contribution in [0.5, 0.6) is 0 Å². The van der Waals surface area contributed by atoms with Gasteiger partial charge in [0.15, 0.2) is 0 Å². The third-order valence-corrected chi connectivity index (χ3v) is 2.77. The van der Waals surface area contributed by atoms with Crippen molar-refractivity contribution < 1.29 is 9.90 Å². The molecule has 3 N–H and O–H groups in total. The van der Waals surface area contributed by atoms with Gasteiger partial charge in [-0.3, -0.25) is 4.79 Å². The maximum Gasteiger partial charge on any atom is 0.234 e. The van der Waals surface area contributed by atoms with Crippen molar-refractivity contribution in [3.05, 3.63) is 0 Å². The van der Waals surface area contributed by atoms with E-state index < -0.39 is 0 Å². The molecule has 0 saturated heterocycles. The van der Waals surface area contributed by atoms with Gasteiger partial charge in [0.2, 0.25) is 5.91 Å². The molecule has 0 aromatic rings. The fraction of sp³-hybridized carbons (Fsp3) is 0.917. The van der Waals surface area contributed by atoms with E-state index in [2.05, 4.69) is 10.6 Å². The van der Waals surface area contributed by atoms with Gasteiger partial charge in [-0.1, -0.05) is 12.8 Å². The summed E-state index contributed by atoms with van der Waals surface area (Å²) in [4.78, 5) is 11.6. The average Bonchev–Trinajstić information content (AvgIpc) is 2.14. The van der Waals surface area contributed by atoms with Crippen LogP contribution in [0.2, 0.25) is 0 Å². The van der Waals surface area contributed by atoms with Crippen LogP contribution in [0, 0.1) is 0 Å². The lowest BCUT2D eigenvalue weighted by atomic mass is 9.92. The van der Waals surface area contributed by atoms with Crippen LogP contribution in [-0.2, 0) is 4.79 Å². The van der Waals surface area contributed by atoms with Crippen LogP contribution in [0.1, 0.15) is 46.5 Å². The van der Waals surface area contributed by atoms with Gasteiger partial charge in [-0.15, -0.1) is 0 Å². The Morgan fingerprint density at radius 3 is 2.50 bits per heavy atom. The minimum absolute atomic E-state index is 0.00901. The second kappa shape index (κ2) is 5.64. The Morgan fingerprint density at radius 2 is 1.94 bits per heavy atom. The van der Waals surface area contributed by atoms with E-state index in [1.807, 2.05) is 20.8 Å². The number of aliphatic hydroxyl groups is 1. The molecule has 1 aliphatic rings. The van der Waals surface area contributed by atoms with Gasteiger partial charge in [-0.25, -0.2) is 0 Å². The fourth-order valence-electron chi connectivity index (χ4n) is 2.04. The van der Waals surface area contributed by atoms with E-state index in [1.165, 1.54) is 0 Å². The standard InChI is InChI=1S/C12H24N2O2/c1-12(2,3)14-11(16)8-13-9-6-4-5-7-10(9)15/h9-10,13,15H,4-8H2,1-3H3,(H,14,16)/t9-,10-/m0/s1. The average molecular weight is 228 g/mol. The van der Waals surface area contributed by atoms with E-state index in [1.54, 1.807) is 0 Å². The van der Waals surface area contributed by atoms with Crippen molar-refractivity contribution in [2.75, 3.05) is 6.54 Å². The molecule has 0 unspecified atom stereocenters. The number of nitrogens with one attached hydrogen (secondary N) is 2. The molecule has 0 aromatic heterocycles. The third-order valence-electron chi connectivity index (χ3n) is 2.77. The predicted molar refractivity (Wildman–Crippen MR) is 64.2 cm³/mol. The second-order valence-electron chi connectivity index (χ2n) is 5.64. The third kappa shape index (κ3) is 4.94. The molecule has 0 radical (unpaired) electrons. The first-order valence-corrected chi connectivity index (χ1v) is 6.11. The van der Waals surface area contributed by atoms with E-state index in [9.17, 15) is 9.90 Å². The van der Waals surface area contributed by atoms with Crippen LogP contribution >= 0.6 is 0 Å². The summed E-state index contributed by atoms with van der Waals surface area (Å²) >= 11 is 0. The minimum Gasteiger partial charge on any atom is -0.392 e. The molecule has 0 spiro atoms. The number of aliphatic hydroxyl groups excluding tert-OH is 1. The molecular weight excluding hydrogens is 204 g/mol. The number of carbonyl (C=O) groups excluding carboxylic acids is 1. The quantitative estimate of drug-likeness (QED) is 0.669. The van der Waals surface area contributed by atoms with Crippen molar-refractivity contribution in [2.45, 2.75) is 64.1 Å². The van der Waals surface area contributed by atoms with Gasteiger partial charge in [0.05, 0.1) is 12.6 Å². The molecule has 4 heteroatoms. The number of carbonyl (C=O) groups is 1. The van der Waals surface area contributed by atoms with E-state index in [0.717, 1.165) is 25.7 Å². The number of amides is 1. The van der Waals surface area contributed by atoms with Crippen molar-refractivity contribution >= 4 is 5.91 Å². The highest BCUT2D eigenvalue weighted by atomic mass is 16.3. The van der Waals surface area contributed by atoms with E-state index in [-0.39, 0.29) is 23.6 Å². The van der Waals surface area contributed by atoms with Gasteiger partial charge in [0.1, 0.15) is 0 Å². The van der Waals surface area contributed by atoms with Crippen molar-refractivity contribution in [1.82, 2.24) is 10.6 Å². The van der Waals surface area contributed by atoms with Crippen LogP contribution in [0.15, 0.2) is 0 Å². The molecule has 0 bridgehead atoms. The molecule has 0 heterocycles. The van der Waals surface area contributed by atoms with Crippen LogP contribution < -0.4 is 10.6 Å². The van der Waals surface area contributed by atoms with E-state index in [0.29, 0.717) is 6.54 Å². The van der Waals surface area contributed by atoms with Gasteiger partial charge in [-0.05, 0) is 33.6 Å². The molecule has 94 valence electrons. The summed E-state index contributed by atoms with van der Waals surface area (Å²) in [5, 5.41) is 15.7. The Labute approximate surface area is 97.8 Å². The number of hydrogen-bond donors (Lipinski definition) is 3. The number of hydrogen-bond acceptors (Lipinski definition) is 3. The molecule has 2 atom stereocenters. The largest absolute Gasteiger partial charge is 0.392 e. The second-order valence-corrected chi connectivity index (χ2v) is 5.64. The smallest absolute Gasteiger partial charge is 0.234 e. The summed E-state index contributed by atoms with van der Waals surface area (Å²) in [5.74, 6) is -0.00901. The Bertz CT molecular complexity index is 236. The van der Waals surface area contributed by atoms with Crippen LogP contribution in [0.3, 0.4) is 0 Å². The predicted octanol–water partition coefficient (Wildman–Crippen LogP) is 0.794. The maximum absolute atomic E-state index is 11.6. The molecule has 1 rings (SSSR count). The van der Waals surface area contributed by atoms with Gasteiger partial charge >= 0.3 is 0 Å². The van der Waals surface area contributed by atoms with Gasteiger partial charge < -0.3 is 15.7 Å². The Morgan fingerprint density at radius 1 is 1.31 bits per heavy atom. The first-order valence-electron chi connectivity index (χ1n) is 6.11. The molecule has 1 amide bonds. The van der Waals surface area contributed by atoms with Crippen molar-refractivity contribution in [1.29, 1.82) is 0 Å². The molecule has 4 nitrogen and oxygen atoms in total. The highest BCUT2D eigenvalue weighted by Gasteiger charge is 2.23. The van der Waals surface area contributed by atoms with Gasteiger partial charge in [0, 0.05) is 11.6 Å². The molecule has 1 aliphatic carbocycles. The Hall–Kier alpha value is -0.610. The number of rotatable bonds is 3. The van der Waals surface area contributed by atoms with Crippen LogP contribution in [0.25, 0.3) is 0 Å². The Kier molecular flexibility index (Phi) is 4.74. The van der Waals surface area contributed by atoms with Crippen molar-refractivity contribution in [3.8, 4) is 0 Å². The van der Waals surface area contributed by atoms with Crippen LogP contribution in [-0.4, -0.2) is 35.2 Å². The Balaban J connectivity index is 2.25. The molecule has 16 heavy (non-hydrogen) atoms. The minimum atomic E-state index is -0.295. The zero-order chi connectivity index (χ0) is 12.2. The molecule has 0 aromatic carbocycles. The van der Waals surface area contributed by atoms with Gasteiger partial charge in [-0.2, -0.15) is 0 Å². The van der Waals surface area contributed by atoms with Crippen LogP contribution in [0.4, 0.5) is 0 Å². The summed E-state index contributed by atoms with van der Waals surface area (Å²) in [6.45, 7) is 6.17. The summed E-state index contributed by atoms with van der Waals surface area (Å²) in [6, 6.07) is 0.0828. The lowest BCUT2D eigenvalue weighted by Crippen LogP contribution is -2.49. The van der Waals surface area contributed by atoms with Gasteiger partial charge in [0.25, 0.3) is 0 Å². The van der Waals surface area contributed by atoms with Crippen molar-refractivity contribution in [3.63, 3.8) is 0 Å². The lowest BCUT2D eigenvalue weighted by Gasteiger charge is -2.29. The highest BCUT2D eigenvalue weighted by molar-refractivity contribution is 5.78. The topological polar surface area (TPSA) is 61.4 Å². The maximum atomic E-state index is 11.6. The summed E-state index contributed by atoms with van der Waals surface area (Å²) in [5.41, 5.74) is -0.191. The molecule has 1 saturated carbocycles. The summed E-state index contributed by atoms with van der Waals surface area (Å²) < 4.78 is 0. The zero-order valence-electron chi connectivity index (χ0n) is 10.5. The first-order chi connectivity index (χ1) is 7.38. The highest BCUT2D eigenvalue weighted by Crippen LogP contribution is 2.17. The van der Waals surface area contributed by atoms with Crippen molar-refractivity contribution in [2.24, 2.45) is 0 Å². The monoisotopic (exact) mass is 228 g/mol. The molecular formula is C12H24N2O2. The SMILES string of the molecule is CC(C)(C)NC(=O)CN[C@H]1CCCC[C@@H]1O. The summed E-state index contributed by atoms with van der Waals surface area (Å²) in [7, 11) is 0. The van der Waals surface area contributed by atoms with E-state index >= 15 is 0 Å². The van der Waals surface area contributed by atoms with E-state index in [4.69, 9.17) is 0 Å². The normalized spacial score (nSPS) is 26.5. The molecule has 0 aliphatic heterocycles. The first kappa shape index (κ1) is 13.5. The fourth-order valence-corrected chi connectivity index (χ4v) is 2.04.